The van der Waals surface area contributed by atoms with Gasteiger partial charge in [0.15, 0.2) is 6.61 Å². The molecule has 1 unspecified atom stereocenters. The lowest BCUT2D eigenvalue weighted by Gasteiger charge is -2.12. The molecule has 19 heavy (non-hydrogen) atoms. The van der Waals surface area contributed by atoms with Crippen LogP contribution < -0.4 is 15.8 Å². The van der Waals surface area contributed by atoms with E-state index in [-0.39, 0.29) is 18.6 Å². The summed E-state index contributed by atoms with van der Waals surface area (Å²) in [6, 6.07) is 4.90. The van der Waals surface area contributed by atoms with Gasteiger partial charge in [0.1, 0.15) is 5.75 Å². The Labute approximate surface area is 122 Å². The highest BCUT2D eigenvalue weighted by Crippen LogP contribution is 2.31. The Balaban J connectivity index is 1.74. The average Bonchev–Trinajstić information content (AvgIpc) is 3.21. The van der Waals surface area contributed by atoms with Crippen molar-refractivity contribution in [3.8, 4) is 5.75 Å². The molecule has 1 saturated carbocycles. The molecule has 0 spiro atoms. The first-order valence-corrected chi connectivity index (χ1v) is 6.92. The zero-order chi connectivity index (χ0) is 13.8. The number of nitrogens with one attached hydrogen (secondary N) is 1. The van der Waals surface area contributed by atoms with Crippen LogP contribution in [-0.2, 0) is 4.79 Å². The number of ether oxygens (including phenoxy) is 1. The predicted octanol–water partition coefficient (Wildman–Crippen LogP) is 2.23. The third-order valence-corrected chi connectivity index (χ3v) is 3.56. The van der Waals surface area contributed by atoms with E-state index in [0.717, 1.165) is 12.8 Å². The van der Waals surface area contributed by atoms with Crippen LogP contribution in [0.4, 0.5) is 0 Å². The van der Waals surface area contributed by atoms with E-state index in [1.54, 1.807) is 18.2 Å². The molecule has 1 aromatic rings. The van der Waals surface area contributed by atoms with Crippen molar-refractivity contribution < 1.29 is 9.53 Å². The molecule has 0 heterocycles. The molecule has 1 amide bonds. The predicted molar refractivity (Wildman–Crippen MR) is 75.7 cm³/mol. The summed E-state index contributed by atoms with van der Waals surface area (Å²) in [5.74, 6) is 0.742. The second kappa shape index (κ2) is 6.46. The molecule has 2 rings (SSSR count). The Kier molecular flexibility index (Phi) is 4.91. The lowest BCUT2D eigenvalue weighted by molar-refractivity contribution is -0.123. The molecular weight excluding hydrogens is 287 g/mol. The van der Waals surface area contributed by atoms with Crippen LogP contribution >= 0.6 is 23.2 Å². The molecule has 0 bridgehead atoms. The van der Waals surface area contributed by atoms with Crippen molar-refractivity contribution in [1.29, 1.82) is 0 Å². The third kappa shape index (κ3) is 4.56. The van der Waals surface area contributed by atoms with Gasteiger partial charge in [0.25, 0.3) is 5.91 Å². The molecule has 1 fully saturated rings. The van der Waals surface area contributed by atoms with Crippen molar-refractivity contribution in [3.05, 3.63) is 28.2 Å². The van der Waals surface area contributed by atoms with Gasteiger partial charge >= 0.3 is 0 Å². The first-order valence-electron chi connectivity index (χ1n) is 6.16. The molecule has 1 atom stereocenters. The summed E-state index contributed by atoms with van der Waals surface area (Å²) in [6.45, 7) is 0.383. The van der Waals surface area contributed by atoms with Gasteiger partial charge in [-0.15, -0.1) is 0 Å². The van der Waals surface area contributed by atoms with Crippen molar-refractivity contribution >= 4 is 29.1 Å². The van der Waals surface area contributed by atoms with Crippen molar-refractivity contribution in [2.45, 2.75) is 18.9 Å². The highest BCUT2D eigenvalue weighted by molar-refractivity contribution is 6.34. The van der Waals surface area contributed by atoms with Gasteiger partial charge in [-0.25, -0.2) is 0 Å². The summed E-state index contributed by atoms with van der Waals surface area (Å²) in [6.07, 6.45) is 2.32. The van der Waals surface area contributed by atoms with Crippen molar-refractivity contribution in [2.24, 2.45) is 11.7 Å². The van der Waals surface area contributed by atoms with Crippen LogP contribution in [0.3, 0.4) is 0 Å². The molecule has 1 aliphatic rings. The number of hydrogen-bond donors (Lipinski definition) is 2. The third-order valence-electron chi connectivity index (χ3n) is 3.01. The monoisotopic (exact) mass is 302 g/mol. The first-order chi connectivity index (χ1) is 9.06. The molecule has 0 radical (unpaired) electrons. The summed E-state index contributed by atoms with van der Waals surface area (Å²) in [7, 11) is 0. The summed E-state index contributed by atoms with van der Waals surface area (Å²) < 4.78 is 5.32. The van der Waals surface area contributed by atoms with Gasteiger partial charge in [-0.3, -0.25) is 4.79 Å². The van der Waals surface area contributed by atoms with Gasteiger partial charge in [-0.05, 0) is 30.9 Å². The number of carbonyl (C=O) groups excluding carboxylic acids is 1. The quantitative estimate of drug-likeness (QED) is 0.847. The van der Waals surface area contributed by atoms with E-state index in [4.69, 9.17) is 33.7 Å². The largest absolute Gasteiger partial charge is 0.482 e. The number of rotatable bonds is 6. The maximum Gasteiger partial charge on any atom is 0.257 e. The molecular formula is C13H16Cl2N2O2. The summed E-state index contributed by atoms with van der Waals surface area (Å²) >= 11 is 11.7. The van der Waals surface area contributed by atoms with Crippen LogP contribution in [0.1, 0.15) is 12.8 Å². The highest BCUT2D eigenvalue weighted by Gasteiger charge is 2.28. The number of carbonyl (C=O) groups is 1. The van der Waals surface area contributed by atoms with E-state index in [1.807, 2.05) is 0 Å². The van der Waals surface area contributed by atoms with Crippen LogP contribution in [0.2, 0.25) is 10.0 Å². The number of amides is 1. The number of halogens is 2. The maximum atomic E-state index is 11.6. The molecule has 3 N–H and O–H groups in total. The van der Waals surface area contributed by atoms with E-state index in [9.17, 15) is 4.79 Å². The molecule has 6 heteroatoms. The van der Waals surface area contributed by atoms with Gasteiger partial charge in [0.2, 0.25) is 0 Å². The van der Waals surface area contributed by atoms with Gasteiger partial charge < -0.3 is 15.8 Å². The number of hydrogen-bond acceptors (Lipinski definition) is 3. The zero-order valence-electron chi connectivity index (χ0n) is 10.4. The van der Waals surface area contributed by atoms with Gasteiger partial charge in [-0.1, -0.05) is 23.2 Å². The van der Waals surface area contributed by atoms with Crippen molar-refractivity contribution in [2.75, 3.05) is 13.2 Å². The van der Waals surface area contributed by atoms with Crippen LogP contribution in [0, 0.1) is 5.92 Å². The fourth-order valence-corrected chi connectivity index (χ4v) is 2.04. The zero-order valence-corrected chi connectivity index (χ0v) is 11.9. The summed E-state index contributed by atoms with van der Waals surface area (Å²) in [5, 5.41) is 3.68. The van der Waals surface area contributed by atoms with E-state index in [2.05, 4.69) is 5.32 Å². The molecule has 4 nitrogen and oxygen atoms in total. The second-order valence-corrected chi connectivity index (χ2v) is 5.51. The fraction of sp³-hybridized carbons (Fsp3) is 0.462. The van der Waals surface area contributed by atoms with Gasteiger partial charge in [-0.2, -0.15) is 0 Å². The highest BCUT2D eigenvalue weighted by atomic mass is 35.5. The van der Waals surface area contributed by atoms with Crippen LogP contribution in [-0.4, -0.2) is 25.1 Å². The lowest BCUT2D eigenvalue weighted by atomic mass is 10.2. The van der Waals surface area contributed by atoms with Crippen LogP contribution in [0.25, 0.3) is 0 Å². The molecule has 1 aliphatic carbocycles. The minimum absolute atomic E-state index is 0.0405. The molecule has 104 valence electrons. The second-order valence-electron chi connectivity index (χ2n) is 4.67. The molecule has 1 aromatic carbocycles. The van der Waals surface area contributed by atoms with E-state index in [0.29, 0.717) is 28.3 Å². The Bertz CT molecular complexity index is 464. The topological polar surface area (TPSA) is 64.3 Å². The van der Waals surface area contributed by atoms with Crippen LogP contribution in [0.5, 0.6) is 5.75 Å². The molecule has 0 saturated heterocycles. The summed E-state index contributed by atoms with van der Waals surface area (Å²) in [4.78, 5) is 11.6. The Hall–Kier alpha value is -0.970. The van der Waals surface area contributed by atoms with Crippen molar-refractivity contribution in [3.63, 3.8) is 0 Å². The minimum atomic E-state index is -0.216. The molecule has 0 aromatic heterocycles. The Morgan fingerprint density at radius 3 is 2.89 bits per heavy atom. The Morgan fingerprint density at radius 1 is 1.47 bits per heavy atom. The summed E-state index contributed by atoms with van der Waals surface area (Å²) in [5.41, 5.74) is 5.88. The van der Waals surface area contributed by atoms with E-state index >= 15 is 0 Å². The molecule has 0 aliphatic heterocycles. The normalized spacial score (nSPS) is 15.9. The number of nitrogens with two attached hydrogens (primary N) is 1. The number of benzene rings is 1. The smallest absolute Gasteiger partial charge is 0.257 e. The van der Waals surface area contributed by atoms with Gasteiger partial charge in [0, 0.05) is 23.7 Å². The fourth-order valence-electron chi connectivity index (χ4n) is 1.70. The van der Waals surface area contributed by atoms with Crippen molar-refractivity contribution in [1.82, 2.24) is 5.32 Å². The Morgan fingerprint density at radius 2 is 2.21 bits per heavy atom. The van der Waals surface area contributed by atoms with Crippen LogP contribution in [0.15, 0.2) is 18.2 Å². The van der Waals surface area contributed by atoms with E-state index < -0.39 is 0 Å². The standard InChI is InChI=1S/C13H16Cl2N2O2/c14-9-3-4-10(15)12(5-9)19-7-13(18)17-6-11(16)8-1-2-8/h3-5,8,11H,1-2,6-7,16H2,(H,17,18). The average molecular weight is 303 g/mol. The maximum absolute atomic E-state index is 11.6. The van der Waals surface area contributed by atoms with E-state index in [1.165, 1.54) is 0 Å². The lowest BCUT2D eigenvalue weighted by Crippen LogP contribution is -2.40. The van der Waals surface area contributed by atoms with Gasteiger partial charge in [0.05, 0.1) is 5.02 Å². The first kappa shape index (κ1) is 14.4. The SMILES string of the molecule is NC(CNC(=O)COc1cc(Cl)ccc1Cl)C1CC1. The minimum Gasteiger partial charge on any atom is -0.482 e.